The molecule has 2 rings (SSSR count). The number of aromatic nitrogens is 2. The maximum atomic E-state index is 12.1. The molecule has 0 amide bonds. The van der Waals surface area contributed by atoms with Crippen LogP contribution in [0.5, 0.6) is 0 Å². The van der Waals surface area contributed by atoms with Crippen molar-refractivity contribution in [3.63, 3.8) is 0 Å². The topological polar surface area (TPSA) is 42.9 Å². The molecule has 0 bridgehead atoms. The molecule has 0 aliphatic heterocycles. The third-order valence-corrected chi connectivity index (χ3v) is 2.73. The first-order valence-corrected chi connectivity index (χ1v) is 5.54. The van der Waals surface area contributed by atoms with Gasteiger partial charge in [-0.2, -0.15) is 0 Å². The summed E-state index contributed by atoms with van der Waals surface area (Å²) in [6, 6.07) is 5.60. The van der Waals surface area contributed by atoms with Crippen molar-refractivity contribution in [2.24, 2.45) is 0 Å². The Bertz CT molecular complexity index is 526. The fourth-order valence-electron chi connectivity index (χ4n) is 1.39. The summed E-state index contributed by atoms with van der Waals surface area (Å²) in [5, 5.41) is 0. The molecule has 1 aromatic carbocycles. The van der Waals surface area contributed by atoms with E-state index in [2.05, 4.69) is 25.9 Å². The molecule has 0 atom stereocenters. The van der Waals surface area contributed by atoms with Gasteiger partial charge in [-0.05, 0) is 24.6 Å². The van der Waals surface area contributed by atoms with Crippen LogP contribution >= 0.6 is 15.9 Å². The number of hydrogen-bond donors (Lipinski definition) is 0. The molecule has 0 fully saturated rings. The average Bonchev–Trinajstić information content (AvgIpc) is 2.32. The first-order chi connectivity index (χ1) is 7.68. The molecule has 0 saturated heterocycles. The maximum absolute atomic E-state index is 12.1. The van der Waals surface area contributed by atoms with Crippen LogP contribution in [0.1, 0.15) is 21.6 Å². The molecule has 0 unspecified atom stereocenters. The van der Waals surface area contributed by atoms with Crippen molar-refractivity contribution in [2.75, 3.05) is 0 Å². The SMILES string of the molecule is Cc1ccc(Br)cc1C(=O)c1cnccn1. The number of carbonyl (C=O) groups excluding carboxylic acids is 1. The number of rotatable bonds is 2. The number of halogens is 1. The number of hydrogen-bond acceptors (Lipinski definition) is 3. The van der Waals surface area contributed by atoms with E-state index in [1.54, 1.807) is 12.3 Å². The van der Waals surface area contributed by atoms with Crippen molar-refractivity contribution in [2.45, 2.75) is 6.92 Å². The van der Waals surface area contributed by atoms with Crippen molar-refractivity contribution in [1.29, 1.82) is 0 Å². The molecule has 0 aliphatic carbocycles. The smallest absolute Gasteiger partial charge is 0.213 e. The fourth-order valence-corrected chi connectivity index (χ4v) is 1.75. The number of ketones is 1. The van der Waals surface area contributed by atoms with Gasteiger partial charge in [-0.1, -0.05) is 22.0 Å². The van der Waals surface area contributed by atoms with Crippen molar-refractivity contribution in [3.05, 3.63) is 58.1 Å². The van der Waals surface area contributed by atoms with E-state index in [0.29, 0.717) is 11.3 Å². The van der Waals surface area contributed by atoms with Crippen LogP contribution in [0, 0.1) is 6.92 Å². The summed E-state index contributed by atoms with van der Waals surface area (Å²) in [6.07, 6.45) is 4.54. The summed E-state index contributed by atoms with van der Waals surface area (Å²) in [5.74, 6) is -0.105. The molecule has 0 N–H and O–H groups in total. The Kier molecular flexibility index (Phi) is 3.10. The van der Waals surface area contributed by atoms with Gasteiger partial charge in [0.25, 0.3) is 0 Å². The lowest BCUT2D eigenvalue weighted by Crippen LogP contribution is -2.06. The standard InChI is InChI=1S/C12H9BrN2O/c1-8-2-3-9(13)6-10(8)12(16)11-7-14-4-5-15-11/h2-7H,1H3. The molecule has 4 heteroatoms. The highest BCUT2D eigenvalue weighted by Crippen LogP contribution is 2.18. The third-order valence-electron chi connectivity index (χ3n) is 2.24. The van der Waals surface area contributed by atoms with E-state index in [9.17, 15) is 4.79 Å². The van der Waals surface area contributed by atoms with Crippen LogP contribution in [0.15, 0.2) is 41.3 Å². The van der Waals surface area contributed by atoms with Gasteiger partial charge >= 0.3 is 0 Å². The van der Waals surface area contributed by atoms with Gasteiger partial charge in [0.05, 0.1) is 6.20 Å². The Balaban J connectivity index is 2.46. The lowest BCUT2D eigenvalue weighted by atomic mass is 10.0. The lowest BCUT2D eigenvalue weighted by molar-refractivity contribution is 0.103. The molecule has 0 aliphatic rings. The fraction of sp³-hybridized carbons (Fsp3) is 0.0833. The van der Waals surface area contributed by atoms with E-state index in [-0.39, 0.29) is 5.78 Å². The zero-order valence-electron chi connectivity index (χ0n) is 8.64. The zero-order valence-corrected chi connectivity index (χ0v) is 10.2. The van der Waals surface area contributed by atoms with Crippen molar-refractivity contribution in [1.82, 2.24) is 9.97 Å². The Morgan fingerprint density at radius 3 is 2.81 bits per heavy atom. The lowest BCUT2D eigenvalue weighted by Gasteiger charge is -2.04. The highest BCUT2D eigenvalue weighted by atomic mass is 79.9. The van der Waals surface area contributed by atoms with E-state index in [1.165, 1.54) is 12.4 Å². The third kappa shape index (κ3) is 2.17. The van der Waals surface area contributed by atoms with Crippen LogP contribution in [-0.2, 0) is 0 Å². The quantitative estimate of drug-likeness (QED) is 0.793. The van der Waals surface area contributed by atoms with E-state index in [4.69, 9.17) is 0 Å². The maximum Gasteiger partial charge on any atom is 0.213 e. The molecule has 1 aromatic heterocycles. The van der Waals surface area contributed by atoms with E-state index in [0.717, 1.165) is 10.0 Å². The summed E-state index contributed by atoms with van der Waals surface area (Å²) >= 11 is 3.35. The van der Waals surface area contributed by atoms with Crippen LogP contribution in [-0.4, -0.2) is 15.8 Å². The first kappa shape index (κ1) is 11.0. The summed E-state index contributed by atoms with van der Waals surface area (Å²) < 4.78 is 0.880. The Labute approximate surface area is 102 Å². The number of nitrogens with zero attached hydrogens (tertiary/aromatic N) is 2. The molecular weight excluding hydrogens is 268 g/mol. The molecule has 2 aromatic rings. The van der Waals surface area contributed by atoms with Gasteiger partial charge in [0.15, 0.2) is 0 Å². The molecule has 16 heavy (non-hydrogen) atoms. The second kappa shape index (κ2) is 4.53. The van der Waals surface area contributed by atoms with Gasteiger partial charge in [-0.3, -0.25) is 9.78 Å². The summed E-state index contributed by atoms with van der Waals surface area (Å²) in [7, 11) is 0. The monoisotopic (exact) mass is 276 g/mol. The summed E-state index contributed by atoms with van der Waals surface area (Å²) in [4.78, 5) is 20.0. The highest BCUT2D eigenvalue weighted by molar-refractivity contribution is 9.10. The first-order valence-electron chi connectivity index (χ1n) is 4.75. The van der Waals surface area contributed by atoms with E-state index < -0.39 is 0 Å². The Morgan fingerprint density at radius 2 is 2.12 bits per heavy atom. The average molecular weight is 277 g/mol. The molecule has 80 valence electrons. The second-order valence-electron chi connectivity index (χ2n) is 3.38. The second-order valence-corrected chi connectivity index (χ2v) is 4.29. The number of benzene rings is 1. The molecular formula is C12H9BrN2O. The highest BCUT2D eigenvalue weighted by Gasteiger charge is 2.13. The molecule has 0 saturated carbocycles. The predicted octanol–water partition coefficient (Wildman–Crippen LogP) is 2.78. The van der Waals surface area contributed by atoms with Gasteiger partial charge in [-0.25, -0.2) is 4.98 Å². The van der Waals surface area contributed by atoms with Crippen LogP contribution in [0.25, 0.3) is 0 Å². The van der Waals surface area contributed by atoms with Gasteiger partial charge in [0.1, 0.15) is 5.69 Å². The molecule has 1 heterocycles. The van der Waals surface area contributed by atoms with Crippen molar-refractivity contribution >= 4 is 21.7 Å². The van der Waals surface area contributed by atoms with E-state index in [1.807, 2.05) is 19.1 Å². The predicted molar refractivity (Wildman–Crippen MR) is 64.3 cm³/mol. The largest absolute Gasteiger partial charge is 0.287 e. The van der Waals surface area contributed by atoms with Crippen LogP contribution in [0.4, 0.5) is 0 Å². The Morgan fingerprint density at radius 1 is 1.31 bits per heavy atom. The van der Waals surface area contributed by atoms with Crippen molar-refractivity contribution < 1.29 is 4.79 Å². The number of aryl methyl sites for hydroxylation is 1. The minimum Gasteiger partial charge on any atom is -0.287 e. The molecule has 0 radical (unpaired) electrons. The molecule has 3 nitrogen and oxygen atoms in total. The van der Waals surface area contributed by atoms with Gasteiger partial charge in [0.2, 0.25) is 5.78 Å². The van der Waals surface area contributed by atoms with Gasteiger partial charge < -0.3 is 0 Å². The minimum absolute atomic E-state index is 0.105. The van der Waals surface area contributed by atoms with Crippen molar-refractivity contribution in [3.8, 4) is 0 Å². The summed E-state index contributed by atoms with van der Waals surface area (Å²) in [5.41, 5.74) is 1.94. The van der Waals surface area contributed by atoms with E-state index >= 15 is 0 Å². The number of carbonyl (C=O) groups is 1. The molecule has 0 spiro atoms. The van der Waals surface area contributed by atoms with Gasteiger partial charge in [0, 0.05) is 22.4 Å². The zero-order chi connectivity index (χ0) is 11.5. The van der Waals surface area contributed by atoms with Crippen LogP contribution in [0.3, 0.4) is 0 Å². The summed E-state index contributed by atoms with van der Waals surface area (Å²) in [6.45, 7) is 1.90. The van der Waals surface area contributed by atoms with Crippen LogP contribution < -0.4 is 0 Å². The minimum atomic E-state index is -0.105. The van der Waals surface area contributed by atoms with Crippen LogP contribution in [0.2, 0.25) is 0 Å². The Hall–Kier alpha value is -1.55. The van der Waals surface area contributed by atoms with Gasteiger partial charge in [-0.15, -0.1) is 0 Å². The normalized spacial score (nSPS) is 10.1.